The van der Waals surface area contributed by atoms with E-state index in [1.165, 1.54) is 0 Å². The normalized spacial score (nSPS) is 25.1. The van der Waals surface area contributed by atoms with Gasteiger partial charge in [0.25, 0.3) is 0 Å². The first-order valence-electron chi connectivity index (χ1n) is 10.0. The van der Waals surface area contributed by atoms with E-state index in [9.17, 15) is 23.9 Å². The van der Waals surface area contributed by atoms with Crippen molar-refractivity contribution in [2.75, 3.05) is 6.61 Å². The Bertz CT molecular complexity index is 1030. The zero-order valence-electron chi connectivity index (χ0n) is 16.9. The topological polar surface area (TPSA) is 105 Å². The first-order valence-corrected chi connectivity index (χ1v) is 10.0. The Labute approximate surface area is 183 Å². The molecule has 2 N–H and O–H groups in total. The van der Waals surface area contributed by atoms with Crippen LogP contribution in [0.5, 0.6) is 0 Å². The molecule has 4 rings (SSSR count). The molecular weight excluding hydrogens is 419 g/mol. The maximum absolute atomic E-state index is 14.5. The summed E-state index contributed by atoms with van der Waals surface area (Å²) in [5, 5.41) is 11.8. The highest BCUT2D eigenvalue weighted by Crippen LogP contribution is 2.28. The summed E-state index contributed by atoms with van der Waals surface area (Å²) in [5.41, 5.74) is 2.19. The second-order valence-electron chi connectivity index (χ2n) is 7.43. The number of benzene rings is 2. The van der Waals surface area contributed by atoms with Gasteiger partial charge in [-0.15, -0.1) is 0 Å². The molecule has 0 aromatic heterocycles. The Balaban J connectivity index is 1.35. The standard InChI is InChI=1S/C23H21FN2O6/c24-18-10-20(26-11-17(12-27)21(28)25-23(26)30)32-19(18)13-31-22(29)16-8-6-15(7-9-16)14-4-2-1-3-5-14/h1-9,11-12,18-21,28H,10,13H2,(H,25,30)/t18-,19+,20-,21?/m0/s1. The Morgan fingerprint density at radius 1 is 1.19 bits per heavy atom. The first kappa shape index (κ1) is 21.7. The molecule has 9 heteroatoms. The molecule has 1 fully saturated rings. The van der Waals surface area contributed by atoms with Gasteiger partial charge in [-0.25, -0.2) is 14.0 Å². The highest BCUT2D eigenvalue weighted by Gasteiger charge is 2.42. The molecule has 1 saturated heterocycles. The zero-order valence-corrected chi connectivity index (χ0v) is 16.9. The molecule has 166 valence electrons. The number of aldehydes is 1. The van der Waals surface area contributed by atoms with E-state index >= 15 is 0 Å². The van der Waals surface area contributed by atoms with Crippen LogP contribution in [0, 0.1) is 0 Å². The number of aliphatic hydroxyl groups is 1. The Kier molecular flexibility index (Phi) is 6.29. The molecule has 2 aromatic rings. The maximum Gasteiger partial charge on any atom is 0.338 e. The van der Waals surface area contributed by atoms with Crippen LogP contribution in [0.2, 0.25) is 0 Å². The van der Waals surface area contributed by atoms with Crippen molar-refractivity contribution in [2.45, 2.75) is 31.2 Å². The average Bonchev–Trinajstić information content (AvgIpc) is 3.18. The number of halogens is 1. The summed E-state index contributed by atoms with van der Waals surface area (Å²) in [4.78, 5) is 36.4. The number of ether oxygens (including phenoxy) is 2. The van der Waals surface area contributed by atoms with Crippen LogP contribution in [0.1, 0.15) is 16.8 Å². The van der Waals surface area contributed by atoms with Gasteiger partial charge in [0.2, 0.25) is 0 Å². The van der Waals surface area contributed by atoms with Crippen LogP contribution < -0.4 is 5.32 Å². The number of rotatable bonds is 6. The molecule has 2 heterocycles. The second kappa shape index (κ2) is 9.29. The van der Waals surface area contributed by atoms with Crippen LogP contribution in [0.15, 0.2) is 66.4 Å². The first-order chi connectivity index (χ1) is 15.5. The largest absolute Gasteiger partial charge is 0.459 e. The number of esters is 1. The smallest absolute Gasteiger partial charge is 0.338 e. The minimum absolute atomic E-state index is 0.0857. The van der Waals surface area contributed by atoms with E-state index in [1.807, 2.05) is 30.3 Å². The van der Waals surface area contributed by atoms with Crippen molar-refractivity contribution in [3.05, 3.63) is 71.9 Å². The molecular formula is C23H21FN2O6. The van der Waals surface area contributed by atoms with Crippen LogP contribution >= 0.6 is 0 Å². The molecule has 4 atom stereocenters. The SMILES string of the molecule is O=CC1=CN([C@@H]2C[C@H](F)[C@@H](COC(=O)c3ccc(-c4ccccc4)cc3)O2)C(=O)NC1O. The van der Waals surface area contributed by atoms with Crippen molar-refractivity contribution >= 4 is 18.3 Å². The molecule has 1 unspecified atom stereocenters. The summed E-state index contributed by atoms with van der Waals surface area (Å²) >= 11 is 0. The lowest BCUT2D eigenvalue weighted by Gasteiger charge is -2.31. The van der Waals surface area contributed by atoms with E-state index in [4.69, 9.17) is 9.47 Å². The van der Waals surface area contributed by atoms with E-state index < -0.39 is 36.7 Å². The van der Waals surface area contributed by atoms with Crippen LogP contribution in [0.4, 0.5) is 9.18 Å². The number of carbonyl (C=O) groups is 3. The number of urea groups is 1. The van der Waals surface area contributed by atoms with E-state index in [0.717, 1.165) is 22.2 Å². The molecule has 0 radical (unpaired) electrons. The van der Waals surface area contributed by atoms with Gasteiger partial charge in [0.05, 0.1) is 11.1 Å². The van der Waals surface area contributed by atoms with Gasteiger partial charge in [-0.2, -0.15) is 0 Å². The quantitative estimate of drug-likeness (QED) is 0.528. The van der Waals surface area contributed by atoms with Gasteiger partial charge in [-0.3, -0.25) is 9.69 Å². The van der Waals surface area contributed by atoms with Gasteiger partial charge in [0, 0.05) is 12.6 Å². The number of amides is 2. The van der Waals surface area contributed by atoms with Crippen LogP contribution in [-0.4, -0.2) is 59.6 Å². The van der Waals surface area contributed by atoms with Gasteiger partial charge < -0.3 is 19.9 Å². The molecule has 2 aliphatic rings. The third-order valence-corrected chi connectivity index (χ3v) is 5.31. The Morgan fingerprint density at radius 2 is 1.88 bits per heavy atom. The fourth-order valence-corrected chi connectivity index (χ4v) is 3.55. The molecule has 2 amide bonds. The lowest BCUT2D eigenvalue weighted by atomic mass is 10.0. The van der Waals surface area contributed by atoms with Gasteiger partial charge in [-0.1, -0.05) is 42.5 Å². The molecule has 32 heavy (non-hydrogen) atoms. The Hall–Kier alpha value is -3.56. The minimum atomic E-state index is -1.49. The van der Waals surface area contributed by atoms with Crippen molar-refractivity contribution in [3.63, 3.8) is 0 Å². The third-order valence-electron chi connectivity index (χ3n) is 5.31. The zero-order chi connectivity index (χ0) is 22.7. The molecule has 0 bridgehead atoms. The molecule has 0 aliphatic carbocycles. The highest BCUT2D eigenvalue weighted by atomic mass is 19.1. The summed E-state index contributed by atoms with van der Waals surface area (Å²) in [6.07, 6.45) is -3.63. The highest BCUT2D eigenvalue weighted by molar-refractivity contribution is 5.90. The van der Waals surface area contributed by atoms with Crippen molar-refractivity contribution < 1.29 is 33.4 Å². The van der Waals surface area contributed by atoms with Gasteiger partial charge in [-0.05, 0) is 23.3 Å². The fraction of sp³-hybridized carbons (Fsp3) is 0.261. The second-order valence-corrected chi connectivity index (χ2v) is 7.43. The van der Waals surface area contributed by atoms with E-state index in [0.29, 0.717) is 11.8 Å². The van der Waals surface area contributed by atoms with Crippen molar-refractivity contribution in [1.82, 2.24) is 10.2 Å². The van der Waals surface area contributed by atoms with Crippen LogP contribution in [0.3, 0.4) is 0 Å². The number of aliphatic hydroxyl groups excluding tert-OH is 1. The lowest BCUT2D eigenvalue weighted by molar-refractivity contribution is -0.106. The molecule has 2 aromatic carbocycles. The monoisotopic (exact) mass is 440 g/mol. The molecule has 0 saturated carbocycles. The lowest BCUT2D eigenvalue weighted by Crippen LogP contribution is -2.51. The molecule has 0 spiro atoms. The van der Waals surface area contributed by atoms with Crippen LogP contribution in [-0.2, 0) is 14.3 Å². The molecule has 8 nitrogen and oxygen atoms in total. The van der Waals surface area contributed by atoms with Crippen molar-refractivity contribution in [1.29, 1.82) is 0 Å². The number of carbonyl (C=O) groups excluding carboxylic acids is 3. The summed E-state index contributed by atoms with van der Waals surface area (Å²) in [7, 11) is 0. The number of hydrogen-bond donors (Lipinski definition) is 2. The summed E-state index contributed by atoms with van der Waals surface area (Å²) in [5.74, 6) is -0.620. The number of nitrogens with one attached hydrogen (secondary N) is 1. The summed E-state index contributed by atoms with van der Waals surface area (Å²) in [6, 6.07) is 15.8. The van der Waals surface area contributed by atoms with Gasteiger partial charge in [0.1, 0.15) is 25.1 Å². The number of alkyl halides is 1. The van der Waals surface area contributed by atoms with E-state index in [2.05, 4.69) is 5.32 Å². The maximum atomic E-state index is 14.5. The predicted octanol–water partition coefficient (Wildman–Crippen LogP) is 2.39. The fourth-order valence-electron chi connectivity index (χ4n) is 3.55. The third kappa shape index (κ3) is 4.53. The van der Waals surface area contributed by atoms with Crippen molar-refractivity contribution in [2.24, 2.45) is 0 Å². The van der Waals surface area contributed by atoms with Crippen molar-refractivity contribution in [3.8, 4) is 11.1 Å². The minimum Gasteiger partial charge on any atom is -0.459 e. The number of nitrogens with zero attached hydrogens (tertiary/aromatic N) is 1. The van der Waals surface area contributed by atoms with Gasteiger partial charge in [0.15, 0.2) is 12.5 Å². The summed E-state index contributed by atoms with van der Waals surface area (Å²) < 4.78 is 25.2. The predicted molar refractivity (Wildman–Crippen MR) is 111 cm³/mol. The van der Waals surface area contributed by atoms with Crippen LogP contribution in [0.25, 0.3) is 11.1 Å². The Morgan fingerprint density at radius 3 is 2.56 bits per heavy atom. The number of hydrogen-bond acceptors (Lipinski definition) is 6. The average molecular weight is 440 g/mol. The van der Waals surface area contributed by atoms with E-state index in [1.54, 1.807) is 24.3 Å². The summed E-state index contributed by atoms with van der Waals surface area (Å²) in [6.45, 7) is -0.334. The molecule has 2 aliphatic heterocycles. The van der Waals surface area contributed by atoms with Gasteiger partial charge >= 0.3 is 12.0 Å². The van der Waals surface area contributed by atoms with E-state index in [-0.39, 0.29) is 18.6 Å².